The molecule has 0 saturated carbocycles. The summed E-state index contributed by atoms with van der Waals surface area (Å²) in [6.07, 6.45) is -8.13. The molecule has 11 nitrogen and oxygen atoms in total. The number of benzene rings is 1. The Morgan fingerprint density at radius 2 is 1.47 bits per heavy atom. The molecule has 1 atom stereocenters. The number of rotatable bonds is 6. The fourth-order valence-electron chi connectivity index (χ4n) is 7.54. The summed E-state index contributed by atoms with van der Waals surface area (Å²) in [5.41, 5.74) is 1.94. The summed E-state index contributed by atoms with van der Waals surface area (Å²) in [4.78, 5) is 49.6. The standard InChI is InChI=1S/C33H42F6N8O3S/c1-43-6-2-22(3-7-43)44-10-12-45(13-11-44)29(48)26(16-20-14-24(32(34,35)36)28(40)25(15-20)33(37,38)39)41-30(49)46-8-4-23(5-9-46)47-17-21-18-51-19-27(21)42-31(47)50/h14-15,18-19,22-23,26H,2-13,16-17,40H2,1H3,(H,41,49)(H,42,50)/t26-/m1/s1. The molecule has 18 heteroatoms. The van der Waals surface area contributed by atoms with Crippen molar-refractivity contribution in [1.29, 1.82) is 0 Å². The van der Waals surface area contributed by atoms with E-state index in [0.717, 1.165) is 37.2 Å². The van der Waals surface area contributed by atoms with Crippen LogP contribution in [0.2, 0.25) is 0 Å². The number of thiophene rings is 1. The number of carbonyl (C=O) groups excluding carboxylic acids is 3. The van der Waals surface area contributed by atoms with Crippen LogP contribution in [0, 0.1) is 0 Å². The molecule has 4 N–H and O–H groups in total. The van der Waals surface area contributed by atoms with Gasteiger partial charge in [-0.15, -0.1) is 11.3 Å². The lowest BCUT2D eigenvalue weighted by atomic mass is 9.96. The molecule has 280 valence electrons. The second-order valence-electron chi connectivity index (χ2n) is 13.8. The van der Waals surface area contributed by atoms with Gasteiger partial charge in [-0.3, -0.25) is 9.69 Å². The molecule has 4 aliphatic rings. The topological polar surface area (TPSA) is 117 Å². The molecular weight excluding hydrogens is 702 g/mol. The summed E-state index contributed by atoms with van der Waals surface area (Å²) >= 11 is 1.48. The van der Waals surface area contributed by atoms with Gasteiger partial charge in [0.05, 0.1) is 29.0 Å². The van der Waals surface area contributed by atoms with Gasteiger partial charge < -0.3 is 36.0 Å². The fraction of sp³-hybridized carbons (Fsp3) is 0.606. The van der Waals surface area contributed by atoms with E-state index in [1.54, 1.807) is 4.90 Å². The maximum atomic E-state index is 14.0. The number of nitrogen functional groups attached to an aromatic ring is 1. The van der Waals surface area contributed by atoms with Crippen LogP contribution in [-0.4, -0.2) is 120 Å². The van der Waals surface area contributed by atoms with Gasteiger partial charge in [-0.1, -0.05) is 0 Å². The number of nitrogens with zero attached hydrogens (tertiary/aromatic N) is 5. The van der Waals surface area contributed by atoms with E-state index in [9.17, 15) is 40.7 Å². The Balaban J connectivity index is 1.17. The molecule has 1 aromatic carbocycles. The number of piperazine rings is 1. The van der Waals surface area contributed by atoms with Gasteiger partial charge in [0.1, 0.15) is 6.04 Å². The molecule has 5 amide bonds. The molecule has 1 aromatic heterocycles. The third kappa shape index (κ3) is 8.32. The first-order valence-electron chi connectivity index (χ1n) is 17.0. The molecule has 0 aliphatic carbocycles. The predicted octanol–water partition coefficient (Wildman–Crippen LogP) is 4.74. The molecule has 0 spiro atoms. The maximum absolute atomic E-state index is 14.0. The third-order valence-electron chi connectivity index (χ3n) is 10.5. The number of alkyl halides is 6. The van der Waals surface area contributed by atoms with E-state index in [0.29, 0.717) is 63.7 Å². The minimum absolute atomic E-state index is 0.156. The van der Waals surface area contributed by atoms with E-state index in [-0.39, 0.29) is 25.2 Å². The van der Waals surface area contributed by atoms with Gasteiger partial charge in [0.25, 0.3) is 0 Å². The lowest BCUT2D eigenvalue weighted by molar-refractivity contribution is -0.141. The summed E-state index contributed by atoms with van der Waals surface area (Å²) < 4.78 is 83.2. The number of carbonyl (C=O) groups is 3. The predicted molar refractivity (Wildman–Crippen MR) is 179 cm³/mol. The van der Waals surface area contributed by atoms with Crippen molar-refractivity contribution in [3.8, 4) is 0 Å². The quantitative estimate of drug-likeness (QED) is 0.291. The van der Waals surface area contributed by atoms with Crippen LogP contribution >= 0.6 is 11.3 Å². The van der Waals surface area contributed by atoms with E-state index in [2.05, 4.69) is 27.5 Å². The number of nitrogens with two attached hydrogens (primary N) is 1. The van der Waals surface area contributed by atoms with Crippen molar-refractivity contribution < 1.29 is 40.7 Å². The molecule has 5 heterocycles. The minimum Gasteiger partial charge on any atom is -0.398 e. The van der Waals surface area contributed by atoms with Crippen molar-refractivity contribution in [3.05, 3.63) is 45.1 Å². The lowest BCUT2D eigenvalue weighted by Crippen LogP contribution is -2.59. The number of fused-ring (bicyclic) bond motifs is 1. The zero-order chi connectivity index (χ0) is 36.7. The Labute approximate surface area is 295 Å². The number of nitrogens with one attached hydrogen (secondary N) is 2. The second kappa shape index (κ2) is 14.7. The Hall–Kier alpha value is -3.77. The second-order valence-corrected chi connectivity index (χ2v) is 14.5. The third-order valence-corrected chi connectivity index (χ3v) is 11.3. The maximum Gasteiger partial charge on any atom is 0.418 e. The van der Waals surface area contributed by atoms with Crippen LogP contribution < -0.4 is 16.4 Å². The van der Waals surface area contributed by atoms with Crippen LogP contribution in [0.5, 0.6) is 0 Å². The normalized spacial score (nSPS) is 21.0. The number of hydrogen-bond acceptors (Lipinski definition) is 7. The number of hydrogen-bond donors (Lipinski definition) is 3. The van der Waals surface area contributed by atoms with Gasteiger partial charge in [-0.25, -0.2) is 9.59 Å². The molecule has 0 unspecified atom stereocenters. The van der Waals surface area contributed by atoms with E-state index < -0.39 is 59.1 Å². The fourth-order valence-corrected chi connectivity index (χ4v) is 8.32. The molecule has 3 saturated heterocycles. The van der Waals surface area contributed by atoms with Crippen LogP contribution in [-0.2, 0) is 30.1 Å². The SMILES string of the molecule is CN1CCC(N2CCN(C(=O)[C@@H](Cc3cc(C(F)(F)F)c(N)c(C(F)(F)F)c3)NC(=O)N3CCC(N4Cc5cscc5NC4=O)CC3)CC2)CC1. The molecular formula is C33H42F6N8O3S. The van der Waals surface area contributed by atoms with Crippen molar-refractivity contribution in [3.63, 3.8) is 0 Å². The smallest absolute Gasteiger partial charge is 0.398 e. The van der Waals surface area contributed by atoms with Gasteiger partial charge in [0.2, 0.25) is 5.91 Å². The monoisotopic (exact) mass is 744 g/mol. The van der Waals surface area contributed by atoms with Crippen molar-refractivity contribution in [2.75, 3.05) is 70.5 Å². The van der Waals surface area contributed by atoms with Crippen LogP contribution in [0.4, 0.5) is 47.3 Å². The molecule has 6 rings (SSSR count). The highest BCUT2D eigenvalue weighted by molar-refractivity contribution is 7.08. The van der Waals surface area contributed by atoms with Gasteiger partial charge >= 0.3 is 24.4 Å². The largest absolute Gasteiger partial charge is 0.418 e. The lowest BCUT2D eigenvalue weighted by Gasteiger charge is -2.43. The first kappa shape index (κ1) is 37.0. The highest BCUT2D eigenvalue weighted by atomic mass is 32.1. The molecule has 3 fully saturated rings. The number of piperidine rings is 2. The number of anilines is 2. The summed E-state index contributed by atoms with van der Waals surface area (Å²) in [7, 11) is 2.06. The van der Waals surface area contributed by atoms with E-state index in [1.165, 1.54) is 21.1 Å². The van der Waals surface area contributed by atoms with Gasteiger partial charge in [0.15, 0.2) is 0 Å². The summed E-state index contributed by atoms with van der Waals surface area (Å²) in [6.45, 7) is 4.52. The molecule has 4 aliphatic heterocycles. The van der Waals surface area contributed by atoms with Crippen LogP contribution in [0.15, 0.2) is 22.9 Å². The van der Waals surface area contributed by atoms with Crippen molar-refractivity contribution >= 4 is 40.7 Å². The van der Waals surface area contributed by atoms with Crippen molar-refractivity contribution in [2.45, 2.75) is 69.1 Å². The van der Waals surface area contributed by atoms with E-state index >= 15 is 0 Å². The number of urea groups is 2. The molecule has 0 radical (unpaired) electrons. The van der Waals surface area contributed by atoms with Crippen molar-refractivity contribution in [2.24, 2.45) is 0 Å². The van der Waals surface area contributed by atoms with E-state index in [4.69, 9.17) is 5.73 Å². The summed E-state index contributed by atoms with van der Waals surface area (Å²) in [5, 5.41) is 9.35. The average Bonchev–Trinajstić information content (AvgIpc) is 3.54. The van der Waals surface area contributed by atoms with Gasteiger partial charge in [-0.2, -0.15) is 26.3 Å². The molecule has 2 aromatic rings. The van der Waals surface area contributed by atoms with Crippen LogP contribution in [0.1, 0.15) is 47.9 Å². The van der Waals surface area contributed by atoms with Crippen LogP contribution in [0.3, 0.4) is 0 Å². The summed E-state index contributed by atoms with van der Waals surface area (Å²) in [5.74, 6) is -0.586. The number of halogens is 6. The molecule has 0 bridgehead atoms. The van der Waals surface area contributed by atoms with Gasteiger partial charge in [0, 0.05) is 68.7 Å². The van der Waals surface area contributed by atoms with Crippen LogP contribution in [0.25, 0.3) is 0 Å². The van der Waals surface area contributed by atoms with Crippen molar-refractivity contribution in [1.82, 2.24) is 29.8 Å². The Kier molecular flexibility index (Phi) is 10.7. The Morgan fingerprint density at radius 3 is 2.06 bits per heavy atom. The zero-order valence-electron chi connectivity index (χ0n) is 28.2. The average molecular weight is 745 g/mol. The minimum atomic E-state index is -5.19. The highest BCUT2D eigenvalue weighted by Gasteiger charge is 2.42. The zero-order valence-corrected chi connectivity index (χ0v) is 29.0. The number of likely N-dealkylation sites (tertiary alicyclic amines) is 2. The highest BCUT2D eigenvalue weighted by Crippen LogP contribution is 2.42. The number of amides is 5. The Bertz CT molecular complexity index is 1560. The first-order valence-corrected chi connectivity index (χ1v) is 18.0. The first-order chi connectivity index (χ1) is 24.1. The Morgan fingerprint density at radius 1 is 0.882 bits per heavy atom. The van der Waals surface area contributed by atoms with Gasteiger partial charge in [-0.05, 0) is 68.9 Å². The molecule has 51 heavy (non-hydrogen) atoms. The summed E-state index contributed by atoms with van der Waals surface area (Å²) in [6, 6.07) is -1.10. The van der Waals surface area contributed by atoms with E-state index in [1.807, 2.05) is 10.8 Å².